The second kappa shape index (κ2) is 9.38. The molecule has 0 saturated carbocycles. The van der Waals surface area contributed by atoms with E-state index in [0.29, 0.717) is 17.9 Å². The zero-order valence-electron chi connectivity index (χ0n) is 15.9. The van der Waals surface area contributed by atoms with E-state index in [1.807, 2.05) is 0 Å². The van der Waals surface area contributed by atoms with Crippen molar-refractivity contribution in [1.82, 2.24) is 0 Å². The van der Waals surface area contributed by atoms with Crippen LogP contribution < -0.4 is 14.8 Å². The summed E-state index contributed by atoms with van der Waals surface area (Å²) in [5.74, 6) is -0.0431. The van der Waals surface area contributed by atoms with Crippen LogP contribution >= 0.6 is 23.2 Å². The van der Waals surface area contributed by atoms with Crippen molar-refractivity contribution in [3.05, 3.63) is 82.3 Å². The Morgan fingerprint density at radius 1 is 0.967 bits per heavy atom. The summed E-state index contributed by atoms with van der Waals surface area (Å²) in [6, 6.07) is 17.4. The molecule has 0 aliphatic carbocycles. The number of nitrogens with one attached hydrogen (secondary N) is 2. The summed E-state index contributed by atoms with van der Waals surface area (Å²) < 4.78 is 33.7. The summed E-state index contributed by atoms with van der Waals surface area (Å²) in [6.07, 6.45) is 0. The number of amides is 1. The van der Waals surface area contributed by atoms with E-state index in [1.54, 1.807) is 49.4 Å². The van der Waals surface area contributed by atoms with Gasteiger partial charge in [-0.2, -0.15) is 0 Å². The summed E-state index contributed by atoms with van der Waals surface area (Å²) in [5, 5.41) is 3.02. The highest BCUT2D eigenvalue weighted by molar-refractivity contribution is 7.92. The van der Waals surface area contributed by atoms with Crippen LogP contribution in [-0.4, -0.2) is 20.9 Å². The van der Waals surface area contributed by atoms with Gasteiger partial charge in [0.25, 0.3) is 15.9 Å². The largest absolute Gasteiger partial charge is 0.492 e. The molecule has 3 rings (SSSR count). The van der Waals surface area contributed by atoms with Gasteiger partial charge in [-0.3, -0.25) is 9.52 Å². The van der Waals surface area contributed by atoms with Crippen molar-refractivity contribution in [2.24, 2.45) is 0 Å². The number of carbonyl (C=O) groups excluding carboxylic acids is 1. The number of hydrogen-bond acceptors (Lipinski definition) is 4. The highest BCUT2D eigenvalue weighted by Crippen LogP contribution is 2.33. The van der Waals surface area contributed by atoms with Gasteiger partial charge in [-0.25, -0.2) is 8.42 Å². The Balaban J connectivity index is 1.94. The van der Waals surface area contributed by atoms with E-state index in [1.165, 1.54) is 24.3 Å². The predicted molar refractivity (Wildman–Crippen MR) is 119 cm³/mol. The molecule has 2 N–H and O–H groups in total. The second-order valence-electron chi connectivity index (χ2n) is 6.12. The van der Waals surface area contributed by atoms with Crippen LogP contribution in [0.2, 0.25) is 10.0 Å². The van der Waals surface area contributed by atoms with Crippen molar-refractivity contribution in [2.75, 3.05) is 16.6 Å². The molecule has 3 aromatic rings. The molecular formula is C21H18Cl2N2O4S. The molecule has 0 unspecified atom stereocenters. The van der Waals surface area contributed by atoms with Crippen molar-refractivity contribution < 1.29 is 17.9 Å². The van der Waals surface area contributed by atoms with Gasteiger partial charge in [-0.15, -0.1) is 0 Å². The SMILES string of the molecule is CCOc1ccc(S(=O)(=O)Nc2cccc(Cl)c2Cl)cc1NC(=O)c1ccccc1. The maximum Gasteiger partial charge on any atom is 0.262 e. The Kier molecular flexibility index (Phi) is 6.87. The number of ether oxygens (including phenoxy) is 1. The van der Waals surface area contributed by atoms with E-state index < -0.39 is 15.9 Å². The van der Waals surface area contributed by atoms with E-state index in [9.17, 15) is 13.2 Å². The molecule has 9 heteroatoms. The molecule has 0 saturated heterocycles. The fourth-order valence-electron chi connectivity index (χ4n) is 2.63. The summed E-state index contributed by atoms with van der Waals surface area (Å²) in [6.45, 7) is 2.13. The molecular weight excluding hydrogens is 447 g/mol. The molecule has 1 amide bonds. The normalized spacial score (nSPS) is 11.0. The van der Waals surface area contributed by atoms with Crippen molar-refractivity contribution in [2.45, 2.75) is 11.8 Å². The molecule has 0 aliphatic rings. The summed E-state index contributed by atoms with van der Waals surface area (Å²) in [5.41, 5.74) is 0.802. The fraction of sp³-hybridized carbons (Fsp3) is 0.0952. The van der Waals surface area contributed by atoms with Crippen LogP contribution in [0.3, 0.4) is 0 Å². The van der Waals surface area contributed by atoms with Crippen LogP contribution in [0.4, 0.5) is 11.4 Å². The van der Waals surface area contributed by atoms with Gasteiger partial charge in [0.2, 0.25) is 0 Å². The summed E-state index contributed by atoms with van der Waals surface area (Å²) in [4.78, 5) is 12.5. The third-order valence-corrected chi connectivity index (χ3v) is 6.22. The molecule has 0 radical (unpaired) electrons. The van der Waals surface area contributed by atoms with Gasteiger partial charge >= 0.3 is 0 Å². The zero-order valence-corrected chi connectivity index (χ0v) is 18.2. The number of carbonyl (C=O) groups is 1. The topological polar surface area (TPSA) is 84.5 Å². The molecule has 3 aromatic carbocycles. The summed E-state index contributed by atoms with van der Waals surface area (Å²) >= 11 is 12.0. The first-order chi connectivity index (χ1) is 14.3. The highest BCUT2D eigenvalue weighted by Gasteiger charge is 2.20. The number of rotatable bonds is 7. The lowest BCUT2D eigenvalue weighted by Gasteiger charge is -2.15. The third kappa shape index (κ3) is 5.05. The van der Waals surface area contributed by atoms with E-state index in [4.69, 9.17) is 27.9 Å². The Hall–Kier alpha value is -2.74. The Morgan fingerprint density at radius 3 is 2.40 bits per heavy atom. The van der Waals surface area contributed by atoms with Crippen LogP contribution in [0.5, 0.6) is 5.75 Å². The van der Waals surface area contributed by atoms with Crippen molar-refractivity contribution in [3.63, 3.8) is 0 Å². The van der Waals surface area contributed by atoms with Crippen LogP contribution in [0.15, 0.2) is 71.6 Å². The number of sulfonamides is 1. The second-order valence-corrected chi connectivity index (χ2v) is 8.59. The van der Waals surface area contributed by atoms with Gasteiger partial charge in [0.15, 0.2) is 0 Å². The standard InChI is InChI=1S/C21H18Cl2N2O4S/c1-2-29-19-12-11-15(13-18(19)24-21(26)14-7-4-3-5-8-14)30(27,28)25-17-10-6-9-16(22)20(17)23/h3-13,25H,2H2,1H3,(H,24,26). The first-order valence-corrected chi connectivity index (χ1v) is 11.2. The van der Waals surface area contributed by atoms with Gasteiger partial charge < -0.3 is 10.1 Å². The number of benzene rings is 3. The van der Waals surface area contributed by atoms with Gasteiger partial charge in [-0.05, 0) is 49.4 Å². The minimum atomic E-state index is -4.01. The van der Waals surface area contributed by atoms with Crippen molar-refractivity contribution >= 4 is 50.5 Å². The maximum atomic E-state index is 12.9. The number of hydrogen-bond donors (Lipinski definition) is 2. The molecule has 156 valence electrons. The van der Waals surface area contributed by atoms with Gasteiger partial charge in [-0.1, -0.05) is 47.5 Å². The van der Waals surface area contributed by atoms with Crippen molar-refractivity contribution in [3.8, 4) is 5.75 Å². The lowest BCUT2D eigenvalue weighted by atomic mass is 10.2. The fourth-order valence-corrected chi connectivity index (χ4v) is 4.13. The van der Waals surface area contributed by atoms with Gasteiger partial charge in [0.05, 0.1) is 32.9 Å². The minimum absolute atomic E-state index is 0.0784. The average Bonchev–Trinajstić information content (AvgIpc) is 2.73. The van der Waals surface area contributed by atoms with E-state index in [2.05, 4.69) is 10.0 Å². The molecule has 0 spiro atoms. The molecule has 30 heavy (non-hydrogen) atoms. The summed E-state index contributed by atoms with van der Waals surface area (Å²) in [7, 11) is -4.01. The van der Waals surface area contributed by atoms with Gasteiger partial charge in [0, 0.05) is 5.56 Å². The van der Waals surface area contributed by atoms with Crippen LogP contribution in [0, 0.1) is 0 Å². The maximum absolute atomic E-state index is 12.9. The quantitative estimate of drug-likeness (QED) is 0.486. The molecule has 0 bridgehead atoms. The van der Waals surface area contributed by atoms with Crippen LogP contribution in [0.1, 0.15) is 17.3 Å². The first-order valence-electron chi connectivity index (χ1n) is 8.92. The smallest absolute Gasteiger partial charge is 0.262 e. The van der Waals surface area contributed by atoms with E-state index in [-0.39, 0.29) is 26.3 Å². The lowest BCUT2D eigenvalue weighted by Crippen LogP contribution is -2.16. The number of anilines is 2. The molecule has 0 heterocycles. The first kappa shape index (κ1) is 22.0. The molecule has 0 atom stereocenters. The van der Waals surface area contributed by atoms with Crippen molar-refractivity contribution in [1.29, 1.82) is 0 Å². The van der Waals surface area contributed by atoms with E-state index >= 15 is 0 Å². The zero-order chi connectivity index (χ0) is 21.7. The predicted octanol–water partition coefficient (Wildman–Crippen LogP) is 5.45. The Morgan fingerprint density at radius 2 is 1.70 bits per heavy atom. The lowest BCUT2D eigenvalue weighted by molar-refractivity contribution is 0.102. The van der Waals surface area contributed by atoms with Gasteiger partial charge in [0.1, 0.15) is 5.75 Å². The van der Waals surface area contributed by atoms with E-state index in [0.717, 1.165) is 0 Å². The Bertz CT molecular complexity index is 1170. The molecule has 6 nitrogen and oxygen atoms in total. The number of halogens is 2. The molecule has 0 fully saturated rings. The van der Waals surface area contributed by atoms with Crippen LogP contribution in [-0.2, 0) is 10.0 Å². The van der Waals surface area contributed by atoms with Crippen LogP contribution in [0.25, 0.3) is 0 Å². The third-order valence-electron chi connectivity index (χ3n) is 4.04. The highest BCUT2D eigenvalue weighted by atomic mass is 35.5. The Labute approximate surface area is 184 Å². The monoisotopic (exact) mass is 464 g/mol. The molecule has 0 aliphatic heterocycles. The minimum Gasteiger partial charge on any atom is -0.492 e. The average molecular weight is 465 g/mol. The molecule has 0 aromatic heterocycles.